The average Bonchev–Trinajstić information content (AvgIpc) is 2.59. The van der Waals surface area contributed by atoms with Gasteiger partial charge in [-0.1, -0.05) is 15.9 Å². The van der Waals surface area contributed by atoms with E-state index >= 15 is 0 Å². The second-order valence-corrected chi connectivity index (χ2v) is 3.63. The van der Waals surface area contributed by atoms with Gasteiger partial charge in [0.1, 0.15) is 0 Å². The molecule has 0 aliphatic carbocycles. The van der Waals surface area contributed by atoms with Gasteiger partial charge in [0.25, 0.3) is 0 Å². The highest BCUT2D eigenvalue weighted by atomic mass is 79.9. The molecular formula is C9H7BrN2O2. The molecule has 0 aromatic carbocycles. The van der Waals surface area contributed by atoms with Gasteiger partial charge in [-0.25, -0.2) is 9.78 Å². The van der Waals surface area contributed by atoms with Crippen LogP contribution in [0, 0.1) is 0 Å². The Morgan fingerprint density at radius 3 is 3.14 bits per heavy atom. The Labute approximate surface area is 88.6 Å². The summed E-state index contributed by atoms with van der Waals surface area (Å²) in [6.07, 6.45) is 3.38. The summed E-state index contributed by atoms with van der Waals surface area (Å²) < 4.78 is 7.22. The molecule has 2 heterocycles. The highest BCUT2D eigenvalue weighted by molar-refractivity contribution is 9.10. The van der Waals surface area contributed by atoms with Crippen LogP contribution in [0.4, 0.5) is 0 Å². The van der Waals surface area contributed by atoms with Gasteiger partial charge in [0.05, 0.1) is 18.8 Å². The first-order chi connectivity index (χ1) is 6.72. The molecule has 2 rings (SSSR count). The lowest BCUT2D eigenvalue weighted by Gasteiger charge is -1.98. The number of fused-ring (bicyclic) bond motifs is 1. The Kier molecular flexibility index (Phi) is 2.25. The molecule has 2 aromatic rings. The zero-order chi connectivity index (χ0) is 10.1. The first kappa shape index (κ1) is 9.21. The minimum Gasteiger partial charge on any atom is -0.463 e. The fraction of sp³-hybridized carbons (Fsp3) is 0.111. The first-order valence-electron chi connectivity index (χ1n) is 3.93. The number of hydrogen-bond acceptors (Lipinski definition) is 3. The minimum absolute atomic E-state index is 0.287. The van der Waals surface area contributed by atoms with Gasteiger partial charge in [0, 0.05) is 10.7 Å². The molecule has 0 N–H and O–H groups in total. The molecule has 0 saturated carbocycles. The fourth-order valence-electron chi connectivity index (χ4n) is 1.21. The van der Waals surface area contributed by atoms with E-state index in [4.69, 9.17) is 0 Å². The number of hydrogen-bond donors (Lipinski definition) is 0. The predicted molar refractivity (Wildman–Crippen MR) is 54.2 cm³/mol. The van der Waals surface area contributed by atoms with Crippen LogP contribution in [-0.4, -0.2) is 22.5 Å². The van der Waals surface area contributed by atoms with Crippen LogP contribution in [0.25, 0.3) is 5.52 Å². The van der Waals surface area contributed by atoms with Crippen LogP contribution >= 0.6 is 15.9 Å². The second kappa shape index (κ2) is 3.42. The second-order valence-electron chi connectivity index (χ2n) is 2.71. The molecule has 72 valence electrons. The molecule has 0 bridgehead atoms. The zero-order valence-corrected chi connectivity index (χ0v) is 8.98. The molecule has 14 heavy (non-hydrogen) atoms. The number of carbonyl (C=O) groups is 1. The Morgan fingerprint density at radius 1 is 1.64 bits per heavy atom. The smallest absolute Gasteiger partial charge is 0.374 e. The van der Waals surface area contributed by atoms with Crippen molar-refractivity contribution in [3.8, 4) is 0 Å². The average molecular weight is 255 g/mol. The normalized spacial score (nSPS) is 10.4. The van der Waals surface area contributed by atoms with E-state index in [0.29, 0.717) is 0 Å². The zero-order valence-electron chi connectivity index (χ0n) is 7.40. The molecule has 4 nitrogen and oxygen atoms in total. The maximum Gasteiger partial charge on any atom is 0.374 e. The van der Waals surface area contributed by atoms with Crippen LogP contribution in [-0.2, 0) is 4.74 Å². The molecule has 0 spiro atoms. The summed E-state index contributed by atoms with van der Waals surface area (Å²) in [5.74, 6) is -0.151. The molecule has 0 fully saturated rings. The third kappa shape index (κ3) is 1.39. The van der Waals surface area contributed by atoms with E-state index in [-0.39, 0.29) is 5.82 Å². The summed E-state index contributed by atoms with van der Waals surface area (Å²) in [4.78, 5) is 15.2. The van der Waals surface area contributed by atoms with Crippen molar-refractivity contribution >= 4 is 27.4 Å². The van der Waals surface area contributed by atoms with Crippen molar-refractivity contribution in [3.63, 3.8) is 0 Å². The monoisotopic (exact) mass is 254 g/mol. The molecule has 0 amide bonds. The van der Waals surface area contributed by atoms with E-state index in [1.165, 1.54) is 7.11 Å². The van der Waals surface area contributed by atoms with Crippen molar-refractivity contribution in [3.05, 3.63) is 34.8 Å². The van der Waals surface area contributed by atoms with Gasteiger partial charge in [0.15, 0.2) is 0 Å². The number of imidazole rings is 1. The summed E-state index contributed by atoms with van der Waals surface area (Å²) in [6.45, 7) is 0. The van der Waals surface area contributed by atoms with Gasteiger partial charge in [0.2, 0.25) is 5.82 Å². The number of ether oxygens (including phenoxy) is 1. The number of carbonyl (C=O) groups excluding carboxylic acids is 1. The topological polar surface area (TPSA) is 43.6 Å². The van der Waals surface area contributed by atoms with Gasteiger partial charge in [-0.3, -0.25) is 4.40 Å². The van der Waals surface area contributed by atoms with E-state index < -0.39 is 5.97 Å². The van der Waals surface area contributed by atoms with E-state index in [2.05, 4.69) is 25.7 Å². The van der Waals surface area contributed by atoms with Crippen LogP contribution in [0.1, 0.15) is 10.6 Å². The molecular weight excluding hydrogens is 248 g/mol. The number of halogens is 1. The van der Waals surface area contributed by atoms with E-state index in [9.17, 15) is 4.79 Å². The molecule has 5 heteroatoms. The molecule has 2 aromatic heterocycles. The number of methoxy groups -OCH3 is 1. The van der Waals surface area contributed by atoms with Crippen LogP contribution in [0.15, 0.2) is 29.0 Å². The lowest BCUT2D eigenvalue weighted by Crippen LogP contribution is -2.06. The van der Waals surface area contributed by atoms with Gasteiger partial charge >= 0.3 is 5.97 Å². The lowest BCUT2D eigenvalue weighted by atomic mass is 10.4. The highest BCUT2D eigenvalue weighted by Crippen LogP contribution is 2.14. The third-order valence-corrected chi connectivity index (χ3v) is 2.36. The van der Waals surface area contributed by atoms with E-state index in [1.54, 1.807) is 16.8 Å². The number of pyridine rings is 1. The maximum absolute atomic E-state index is 11.3. The van der Waals surface area contributed by atoms with Gasteiger partial charge in [-0.15, -0.1) is 0 Å². The van der Waals surface area contributed by atoms with Crippen LogP contribution in [0.3, 0.4) is 0 Å². The summed E-state index contributed by atoms with van der Waals surface area (Å²) in [6, 6.07) is 3.71. The number of rotatable bonds is 1. The molecule has 0 aliphatic rings. The largest absolute Gasteiger partial charge is 0.463 e. The predicted octanol–water partition coefficient (Wildman–Crippen LogP) is 1.88. The highest BCUT2D eigenvalue weighted by Gasteiger charge is 2.12. The van der Waals surface area contributed by atoms with Crippen molar-refractivity contribution in [1.82, 2.24) is 9.38 Å². The van der Waals surface area contributed by atoms with Crippen molar-refractivity contribution in [1.29, 1.82) is 0 Å². The van der Waals surface area contributed by atoms with Crippen LogP contribution in [0.5, 0.6) is 0 Å². The van der Waals surface area contributed by atoms with Gasteiger partial charge < -0.3 is 4.74 Å². The van der Waals surface area contributed by atoms with Crippen molar-refractivity contribution in [2.45, 2.75) is 0 Å². The summed E-state index contributed by atoms with van der Waals surface area (Å²) >= 11 is 3.34. The van der Waals surface area contributed by atoms with Crippen molar-refractivity contribution < 1.29 is 9.53 Å². The number of nitrogens with zero attached hydrogens (tertiary/aromatic N) is 2. The molecule has 0 saturated heterocycles. The molecule has 0 atom stereocenters. The Balaban J connectivity index is 2.64. The maximum atomic E-state index is 11.3. The SMILES string of the molecule is COC(=O)c1ncc2cc(Br)ccn12. The van der Waals surface area contributed by atoms with Crippen molar-refractivity contribution in [2.75, 3.05) is 7.11 Å². The number of aromatic nitrogens is 2. The standard InChI is InChI=1S/C9H7BrN2O2/c1-14-9(13)8-11-5-7-4-6(10)2-3-12(7)8/h2-5H,1H3. The first-order valence-corrected chi connectivity index (χ1v) is 4.72. The third-order valence-electron chi connectivity index (χ3n) is 1.86. The Bertz CT molecular complexity index is 493. The van der Waals surface area contributed by atoms with Gasteiger partial charge in [-0.05, 0) is 12.1 Å². The summed E-state index contributed by atoms with van der Waals surface area (Å²) in [5, 5.41) is 0. The number of esters is 1. The van der Waals surface area contributed by atoms with E-state index in [0.717, 1.165) is 9.99 Å². The molecule has 0 radical (unpaired) electrons. The summed E-state index contributed by atoms with van der Waals surface area (Å²) in [7, 11) is 1.34. The van der Waals surface area contributed by atoms with Crippen molar-refractivity contribution in [2.24, 2.45) is 0 Å². The Hall–Kier alpha value is -1.36. The summed E-state index contributed by atoms with van der Waals surface area (Å²) in [5.41, 5.74) is 0.847. The quantitative estimate of drug-likeness (QED) is 0.731. The Morgan fingerprint density at radius 2 is 2.43 bits per heavy atom. The van der Waals surface area contributed by atoms with Gasteiger partial charge in [-0.2, -0.15) is 0 Å². The molecule has 0 aliphatic heterocycles. The van der Waals surface area contributed by atoms with E-state index in [1.807, 2.05) is 12.1 Å². The fourth-order valence-corrected chi connectivity index (χ4v) is 1.57. The molecule has 0 unspecified atom stereocenters. The van der Waals surface area contributed by atoms with Crippen LogP contribution < -0.4 is 0 Å². The lowest BCUT2D eigenvalue weighted by molar-refractivity contribution is 0.0586. The minimum atomic E-state index is -0.438. The van der Waals surface area contributed by atoms with Crippen LogP contribution in [0.2, 0.25) is 0 Å².